The molecule has 0 aromatic rings. The average Bonchev–Trinajstić information content (AvgIpc) is 2.77. The first-order valence-electron chi connectivity index (χ1n) is 7.34. The lowest BCUT2D eigenvalue weighted by Gasteiger charge is -2.33. The van der Waals surface area contributed by atoms with E-state index in [1.165, 1.54) is 0 Å². The average molecular weight is 264 g/mol. The molecule has 104 valence electrons. The Morgan fingerprint density at radius 1 is 1.11 bits per heavy atom. The lowest BCUT2D eigenvalue weighted by atomic mass is 9.73. The number of hydrogen-bond donors (Lipinski definition) is 1. The van der Waals surface area contributed by atoms with Gasteiger partial charge in [0.1, 0.15) is 6.10 Å². The van der Waals surface area contributed by atoms with Gasteiger partial charge < -0.3 is 9.84 Å². The van der Waals surface area contributed by atoms with E-state index in [1.54, 1.807) is 0 Å². The zero-order valence-electron chi connectivity index (χ0n) is 11.1. The summed E-state index contributed by atoms with van der Waals surface area (Å²) in [6.45, 7) is 0. The van der Waals surface area contributed by atoms with Gasteiger partial charge in [0.2, 0.25) is 0 Å². The van der Waals surface area contributed by atoms with Crippen LogP contribution in [0.4, 0.5) is 0 Å². The van der Waals surface area contributed by atoms with Crippen molar-refractivity contribution in [3.8, 4) is 0 Å². The Morgan fingerprint density at radius 3 is 2.63 bits per heavy atom. The van der Waals surface area contributed by atoms with Crippen LogP contribution in [0, 0.1) is 11.8 Å². The van der Waals surface area contributed by atoms with Crippen molar-refractivity contribution in [3.63, 3.8) is 0 Å². The fraction of sp³-hybridized carbons (Fsp3) is 0.733. The summed E-state index contributed by atoms with van der Waals surface area (Å²) in [5.41, 5.74) is 1.97. The third kappa shape index (κ3) is 2.17. The molecule has 0 spiro atoms. The highest BCUT2D eigenvalue weighted by atomic mass is 16.5. The van der Waals surface area contributed by atoms with E-state index in [0.29, 0.717) is 0 Å². The van der Waals surface area contributed by atoms with Gasteiger partial charge in [-0.1, -0.05) is 12.8 Å². The number of carbonyl (C=O) groups excluding carboxylic acids is 1. The maximum absolute atomic E-state index is 11.9. The van der Waals surface area contributed by atoms with E-state index >= 15 is 0 Å². The highest BCUT2D eigenvalue weighted by Gasteiger charge is 2.44. The van der Waals surface area contributed by atoms with Gasteiger partial charge in [-0.15, -0.1) is 0 Å². The molecule has 0 aromatic carbocycles. The van der Waals surface area contributed by atoms with E-state index < -0.39 is 5.97 Å². The molecule has 19 heavy (non-hydrogen) atoms. The number of ether oxygens (including phenoxy) is 1. The topological polar surface area (TPSA) is 63.6 Å². The maximum Gasteiger partial charge on any atom is 0.334 e. The van der Waals surface area contributed by atoms with Crippen molar-refractivity contribution >= 4 is 11.9 Å². The molecule has 1 fully saturated rings. The van der Waals surface area contributed by atoms with Gasteiger partial charge in [-0.3, -0.25) is 4.79 Å². The largest absolute Gasteiger partial charge is 0.481 e. The van der Waals surface area contributed by atoms with Crippen LogP contribution in [0.3, 0.4) is 0 Å². The summed E-state index contributed by atoms with van der Waals surface area (Å²) in [5.74, 6) is -1.28. The standard InChI is InChI=1S/C15H20O4/c16-14(17)11-7-3-1-5-9(11)13-10-6-2-4-8-12(10)15(18)19-13/h9,11,13H,1-8H2,(H,16,17)/t9-,11+,13-/m0/s1. The quantitative estimate of drug-likeness (QED) is 0.779. The lowest BCUT2D eigenvalue weighted by molar-refractivity contribution is -0.152. The summed E-state index contributed by atoms with van der Waals surface area (Å²) < 4.78 is 5.55. The zero-order valence-corrected chi connectivity index (χ0v) is 11.1. The molecule has 0 aromatic heterocycles. The highest BCUT2D eigenvalue weighted by Crippen LogP contribution is 2.43. The summed E-state index contributed by atoms with van der Waals surface area (Å²) in [4.78, 5) is 23.3. The highest BCUT2D eigenvalue weighted by molar-refractivity contribution is 5.92. The minimum atomic E-state index is -0.731. The number of rotatable bonds is 2. The molecule has 1 heterocycles. The molecule has 0 radical (unpaired) electrons. The Labute approximate surface area is 112 Å². The second-order valence-corrected chi connectivity index (χ2v) is 5.93. The van der Waals surface area contributed by atoms with Gasteiger partial charge in [-0.25, -0.2) is 4.79 Å². The molecular formula is C15H20O4. The Hall–Kier alpha value is -1.32. The van der Waals surface area contributed by atoms with E-state index in [2.05, 4.69) is 0 Å². The van der Waals surface area contributed by atoms with Gasteiger partial charge in [0, 0.05) is 11.5 Å². The Kier molecular flexibility index (Phi) is 3.33. The molecule has 1 N–H and O–H groups in total. The van der Waals surface area contributed by atoms with Gasteiger partial charge in [0.25, 0.3) is 0 Å². The Balaban J connectivity index is 1.86. The molecule has 4 nitrogen and oxygen atoms in total. The normalized spacial score (nSPS) is 34.9. The first-order valence-corrected chi connectivity index (χ1v) is 7.34. The van der Waals surface area contributed by atoms with Crippen molar-refractivity contribution in [2.75, 3.05) is 0 Å². The van der Waals surface area contributed by atoms with Crippen LogP contribution in [0.15, 0.2) is 11.1 Å². The molecule has 1 saturated carbocycles. The van der Waals surface area contributed by atoms with E-state index in [-0.39, 0.29) is 23.9 Å². The van der Waals surface area contributed by atoms with Crippen LogP contribution < -0.4 is 0 Å². The molecule has 3 atom stereocenters. The Morgan fingerprint density at radius 2 is 1.84 bits per heavy atom. The van der Waals surface area contributed by atoms with Crippen LogP contribution in [-0.2, 0) is 14.3 Å². The molecular weight excluding hydrogens is 244 g/mol. The molecule has 0 bridgehead atoms. The van der Waals surface area contributed by atoms with E-state index in [9.17, 15) is 14.7 Å². The molecule has 0 amide bonds. The fourth-order valence-electron chi connectivity index (χ4n) is 3.91. The smallest absolute Gasteiger partial charge is 0.334 e. The van der Waals surface area contributed by atoms with E-state index in [4.69, 9.17) is 4.74 Å². The van der Waals surface area contributed by atoms with Crippen molar-refractivity contribution in [2.24, 2.45) is 11.8 Å². The van der Waals surface area contributed by atoms with Crippen molar-refractivity contribution in [3.05, 3.63) is 11.1 Å². The summed E-state index contributed by atoms with van der Waals surface area (Å²) >= 11 is 0. The minimum absolute atomic E-state index is 0.0131. The van der Waals surface area contributed by atoms with Crippen molar-refractivity contribution in [1.82, 2.24) is 0 Å². The SMILES string of the molecule is O=C1O[C@@H]([C@H]2CCCC[C@H]2C(=O)O)C2=C1CCCC2. The molecule has 0 unspecified atom stereocenters. The van der Waals surface area contributed by atoms with Crippen LogP contribution in [0.2, 0.25) is 0 Å². The van der Waals surface area contributed by atoms with Crippen LogP contribution >= 0.6 is 0 Å². The van der Waals surface area contributed by atoms with Crippen molar-refractivity contribution in [1.29, 1.82) is 0 Å². The maximum atomic E-state index is 11.9. The number of aliphatic carboxylic acids is 1. The second-order valence-electron chi connectivity index (χ2n) is 5.93. The van der Waals surface area contributed by atoms with Crippen LogP contribution in [0.5, 0.6) is 0 Å². The van der Waals surface area contributed by atoms with Crippen molar-refractivity contribution < 1.29 is 19.4 Å². The molecule has 3 aliphatic rings. The number of carboxylic acids is 1. The summed E-state index contributed by atoms with van der Waals surface area (Å²) in [5, 5.41) is 9.37. The summed E-state index contributed by atoms with van der Waals surface area (Å²) in [6, 6.07) is 0. The first kappa shape index (κ1) is 12.7. The van der Waals surface area contributed by atoms with Gasteiger partial charge in [-0.2, -0.15) is 0 Å². The molecule has 3 rings (SSSR count). The van der Waals surface area contributed by atoms with Crippen LogP contribution in [-0.4, -0.2) is 23.1 Å². The van der Waals surface area contributed by atoms with Gasteiger partial charge >= 0.3 is 11.9 Å². The van der Waals surface area contributed by atoms with E-state index in [0.717, 1.165) is 62.5 Å². The summed E-state index contributed by atoms with van der Waals surface area (Å²) in [7, 11) is 0. The molecule has 1 aliphatic heterocycles. The van der Waals surface area contributed by atoms with Gasteiger partial charge in [0.05, 0.1) is 5.92 Å². The number of carboxylic acid groups (broad SMARTS) is 1. The minimum Gasteiger partial charge on any atom is -0.481 e. The fourth-order valence-corrected chi connectivity index (χ4v) is 3.91. The lowest BCUT2D eigenvalue weighted by Crippen LogP contribution is -2.36. The van der Waals surface area contributed by atoms with Gasteiger partial charge in [-0.05, 0) is 44.1 Å². The van der Waals surface area contributed by atoms with Crippen LogP contribution in [0.25, 0.3) is 0 Å². The number of cyclic esters (lactones) is 1. The molecule has 4 heteroatoms. The van der Waals surface area contributed by atoms with Gasteiger partial charge in [0.15, 0.2) is 0 Å². The summed E-state index contributed by atoms with van der Waals surface area (Å²) in [6.07, 6.45) is 7.23. The number of carbonyl (C=O) groups is 2. The van der Waals surface area contributed by atoms with Crippen LogP contribution in [0.1, 0.15) is 51.4 Å². The molecule has 0 saturated heterocycles. The third-order valence-corrected chi connectivity index (χ3v) is 4.86. The zero-order chi connectivity index (χ0) is 13.4. The Bertz CT molecular complexity index is 437. The monoisotopic (exact) mass is 264 g/mol. The van der Waals surface area contributed by atoms with Crippen molar-refractivity contribution in [2.45, 2.75) is 57.5 Å². The predicted molar refractivity (Wildman–Crippen MR) is 68.5 cm³/mol. The predicted octanol–water partition coefficient (Wildman–Crippen LogP) is 2.67. The van der Waals surface area contributed by atoms with E-state index in [1.807, 2.05) is 0 Å². The third-order valence-electron chi connectivity index (χ3n) is 4.86. The second kappa shape index (κ2) is 4.99. The number of esters is 1. The first-order chi connectivity index (χ1) is 9.18. The molecule has 2 aliphatic carbocycles. The number of hydrogen-bond acceptors (Lipinski definition) is 3.